The Balaban J connectivity index is 2.44. The summed E-state index contributed by atoms with van der Waals surface area (Å²) >= 11 is 0. The smallest absolute Gasteiger partial charge is 0.303 e. The Hall–Kier alpha value is -2.31. The lowest BCUT2D eigenvalue weighted by molar-refractivity contribution is -0.386. The lowest BCUT2D eigenvalue weighted by Gasteiger charge is -2.12. The Morgan fingerprint density at radius 3 is 2.61 bits per heavy atom. The third-order valence-electron chi connectivity index (χ3n) is 2.50. The van der Waals surface area contributed by atoms with Crippen LogP contribution in [-0.2, 0) is 9.53 Å². The van der Waals surface area contributed by atoms with Crippen molar-refractivity contribution in [3.8, 4) is 11.5 Å². The van der Waals surface area contributed by atoms with E-state index >= 15 is 0 Å². The van der Waals surface area contributed by atoms with E-state index in [-0.39, 0.29) is 18.0 Å². The molecule has 0 amide bonds. The van der Waals surface area contributed by atoms with E-state index in [0.717, 1.165) is 0 Å². The summed E-state index contributed by atoms with van der Waals surface area (Å²) in [4.78, 5) is 21.3. The van der Waals surface area contributed by atoms with Gasteiger partial charge in [0.2, 0.25) is 6.79 Å². The zero-order valence-corrected chi connectivity index (χ0v) is 9.84. The average molecular weight is 253 g/mol. The van der Waals surface area contributed by atoms with Crippen LogP contribution in [0.4, 0.5) is 5.69 Å². The number of nitro groups is 1. The Kier molecular flexibility index (Phi) is 3.05. The Bertz CT molecular complexity index is 513. The molecule has 1 unspecified atom stereocenters. The summed E-state index contributed by atoms with van der Waals surface area (Å²) < 4.78 is 15.2. The van der Waals surface area contributed by atoms with Gasteiger partial charge in [0.15, 0.2) is 11.5 Å². The average Bonchev–Trinajstić information content (AvgIpc) is 2.72. The lowest BCUT2D eigenvalue weighted by Crippen LogP contribution is -2.07. The number of fused-ring (bicyclic) bond motifs is 1. The van der Waals surface area contributed by atoms with E-state index in [0.29, 0.717) is 11.5 Å². The van der Waals surface area contributed by atoms with E-state index in [2.05, 4.69) is 0 Å². The molecule has 1 aliphatic rings. The molecule has 0 spiro atoms. The molecular formula is C11H11NO6. The third kappa shape index (κ3) is 2.20. The number of rotatable bonds is 3. The van der Waals surface area contributed by atoms with E-state index in [1.165, 1.54) is 19.1 Å². The fourth-order valence-electron chi connectivity index (χ4n) is 1.74. The quantitative estimate of drug-likeness (QED) is 0.464. The molecule has 0 aromatic heterocycles. The molecule has 1 heterocycles. The predicted octanol–water partition coefficient (Wildman–Crippen LogP) is 1.95. The molecule has 2 rings (SSSR count). The molecule has 7 nitrogen and oxygen atoms in total. The van der Waals surface area contributed by atoms with Gasteiger partial charge in [0.1, 0.15) is 6.10 Å². The first-order valence-electron chi connectivity index (χ1n) is 5.24. The van der Waals surface area contributed by atoms with Crippen molar-refractivity contribution in [2.75, 3.05) is 6.79 Å². The van der Waals surface area contributed by atoms with Crippen LogP contribution in [0, 0.1) is 10.1 Å². The summed E-state index contributed by atoms with van der Waals surface area (Å²) in [5, 5.41) is 11.0. The summed E-state index contributed by atoms with van der Waals surface area (Å²) in [6.07, 6.45) is -0.725. The fourth-order valence-corrected chi connectivity index (χ4v) is 1.74. The second kappa shape index (κ2) is 4.52. The summed E-state index contributed by atoms with van der Waals surface area (Å²) in [6, 6.07) is 2.74. The molecule has 0 bridgehead atoms. The van der Waals surface area contributed by atoms with Crippen molar-refractivity contribution in [2.24, 2.45) is 0 Å². The van der Waals surface area contributed by atoms with Gasteiger partial charge in [-0.2, -0.15) is 0 Å². The van der Waals surface area contributed by atoms with Gasteiger partial charge in [-0.3, -0.25) is 14.9 Å². The van der Waals surface area contributed by atoms with Crippen molar-refractivity contribution >= 4 is 11.7 Å². The maximum atomic E-state index is 11.0. The molecule has 96 valence electrons. The van der Waals surface area contributed by atoms with Gasteiger partial charge in [0.05, 0.1) is 16.6 Å². The summed E-state index contributed by atoms with van der Waals surface area (Å²) in [6.45, 7) is 2.83. The highest BCUT2D eigenvalue weighted by Crippen LogP contribution is 2.40. The number of carbonyl (C=O) groups excluding carboxylic acids is 1. The highest BCUT2D eigenvalue weighted by molar-refractivity contribution is 5.67. The molecular weight excluding hydrogens is 242 g/mol. The van der Waals surface area contributed by atoms with Gasteiger partial charge in [0, 0.05) is 6.92 Å². The van der Waals surface area contributed by atoms with E-state index in [9.17, 15) is 14.9 Å². The maximum absolute atomic E-state index is 11.0. The van der Waals surface area contributed by atoms with Gasteiger partial charge in [-0.05, 0) is 13.0 Å². The van der Waals surface area contributed by atoms with Crippen LogP contribution in [0.5, 0.6) is 11.5 Å². The molecule has 18 heavy (non-hydrogen) atoms. The highest BCUT2D eigenvalue weighted by Gasteiger charge is 2.27. The van der Waals surface area contributed by atoms with Gasteiger partial charge >= 0.3 is 5.97 Å². The topological polar surface area (TPSA) is 87.9 Å². The van der Waals surface area contributed by atoms with Crippen LogP contribution in [0.1, 0.15) is 25.5 Å². The van der Waals surface area contributed by atoms with Crippen LogP contribution >= 0.6 is 0 Å². The highest BCUT2D eigenvalue weighted by atomic mass is 16.7. The van der Waals surface area contributed by atoms with Gasteiger partial charge in [-0.25, -0.2) is 0 Å². The first kappa shape index (κ1) is 12.2. The molecule has 1 aliphatic heterocycles. The molecule has 0 fully saturated rings. The molecule has 7 heteroatoms. The molecule has 1 aromatic rings. The van der Waals surface area contributed by atoms with Crippen molar-refractivity contribution in [3.05, 3.63) is 27.8 Å². The SMILES string of the molecule is CC(=O)OC(C)c1cc2c(cc1[N+](=O)[O-])OCO2. The molecule has 0 saturated carbocycles. The Morgan fingerprint density at radius 2 is 2.06 bits per heavy atom. The maximum Gasteiger partial charge on any atom is 0.303 e. The summed E-state index contributed by atoms with van der Waals surface area (Å²) in [5.41, 5.74) is 0.118. The largest absolute Gasteiger partial charge is 0.458 e. The van der Waals surface area contributed by atoms with E-state index in [1.807, 2.05) is 0 Å². The minimum atomic E-state index is -0.725. The number of hydrogen-bond donors (Lipinski definition) is 0. The van der Waals surface area contributed by atoms with Crippen molar-refractivity contribution < 1.29 is 23.9 Å². The molecule has 0 N–H and O–H groups in total. The van der Waals surface area contributed by atoms with E-state index in [4.69, 9.17) is 14.2 Å². The number of nitrogens with zero attached hydrogens (tertiary/aromatic N) is 1. The van der Waals surface area contributed by atoms with Crippen LogP contribution in [0.3, 0.4) is 0 Å². The molecule has 1 aromatic carbocycles. The minimum Gasteiger partial charge on any atom is -0.458 e. The van der Waals surface area contributed by atoms with Crippen molar-refractivity contribution in [1.82, 2.24) is 0 Å². The van der Waals surface area contributed by atoms with Crippen molar-refractivity contribution in [1.29, 1.82) is 0 Å². The van der Waals surface area contributed by atoms with Crippen LogP contribution in [0.15, 0.2) is 12.1 Å². The molecule has 0 radical (unpaired) electrons. The standard InChI is InChI=1S/C11H11NO6/c1-6(18-7(2)13)8-3-10-11(17-5-16-10)4-9(8)12(14)15/h3-4,6H,5H2,1-2H3. The van der Waals surface area contributed by atoms with Gasteiger partial charge in [-0.15, -0.1) is 0 Å². The summed E-state index contributed by atoms with van der Waals surface area (Å²) in [7, 11) is 0. The van der Waals surface area contributed by atoms with Gasteiger partial charge in [-0.1, -0.05) is 0 Å². The number of benzene rings is 1. The summed E-state index contributed by atoms with van der Waals surface area (Å²) in [5.74, 6) is 0.226. The second-order valence-electron chi connectivity index (χ2n) is 3.77. The minimum absolute atomic E-state index is 0.0257. The third-order valence-corrected chi connectivity index (χ3v) is 2.50. The number of nitro benzene ring substituents is 1. The lowest BCUT2D eigenvalue weighted by atomic mass is 10.1. The number of carbonyl (C=O) groups is 1. The predicted molar refractivity (Wildman–Crippen MR) is 59.4 cm³/mol. The Morgan fingerprint density at radius 1 is 1.44 bits per heavy atom. The van der Waals surface area contributed by atoms with Crippen LogP contribution < -0.4 is 9.47 Å². The number of ether oxygens (including phenoxy) is 3. The van der Waals surface area contributed by atoms with E-state index in [1.54, 1.807) is 6.92 Å². The number of esters is 1. The second-order valence-corrected chi connectivity index (χ2v) is 3.77. The zero-order valence-electron chi connectivity index (χ0n) is 9.84. The van der Waals surface area contributed by atoms with Crippen molar-refractivity contribution in [2.45, 2.75) is 20.0 Å². The van der Waals surface area contributed by atoms with Crippen LogP contribution in [0.2, 0.25) is 0 Å². The number of hydrogen-bond acceptors (Lipinski definition) is 6. The normalized spacial score (nSPS) is 14.1. The monoisotopic (exact) mass is 253 g/mol. The van der Waals surface area contributed by atoms with Crippen LogP contribution in [-0.4, -0.2) is 17.7 Å². The fraction of sp³-hybridized carbons (Fsp3) is 0.364. The Labute approximate surface area is 102 Å². The molecule has 0 aliphatic carbocycles. The molecule has 1 atom stereocenters. The van der Waals surface area contributed by atoms with Crippen LogP contribution in [0.25, 0.3) is 0 Å². The van der Waals surface area contributed by atoms with Crippen molar-refractivity contribution in [3.63, 3.8) is 0 Å². The zero-order chi connectivity index (χ0) is 13.3. The first-order chi connectivity index (χ1) is 8.49. The van der Waals surface area contributed by atoms with E-state index < -0.39 is 17.0 Å². The van der Waals surface area contributed by atoms with Gasteiger partial charge < -0.3 is 14.2 Å². The van der Waals surface area contributed by atoms with Gasteiger partial charge in [0.25, 0.3) is 5.69 Å². The first-order valence-corrected chi connectivity index (χ1v) is 5.24. The molecule has 0 saturated heterocycles.